The van der Waals surface area contributed by atoms with Crippen molar-refractivity contribution in [2.45, 2.75) is 18.3 Å². The Bertz CT molecular complexity index is 487. The molecule has 1 fully saturated rings. The summed E-state index contributed by atoms with van der Waals surface area (Å²) in [6.07, 6.45) is 3.88. The summed E-state index contributed by atoms with van der Waals surface area (Å²) in [4.78, 5) is 17.3. The highest BCUT2D eigenvalue weighted by Gasteiger charge is 2.39. The van der Waals surface area contributed by atoms with Crippen LogP contribution in [-0.4, -0.2) is 30.2 Å². The minimum absolute atomic E-state index is 0.0303. The van der Waals surface area contributed by atoms with E-state index in [1.807, 2.05) is 12.1 Å². The normalized spacial score (nSPS) is 20.6. The number of hydrogen-bond donors (Lipinski definition) is 1. The van der Waals surface area contributed by atoms with Gasteiger partial charge in [-0.1, -0.05) is 18.2 Å². The number of carbonyl (C=O) groups excluding carboxylic acids is 1. The van der Waals surface area contributed by atoms with Crippen molar-refractivity contribution < 1.29 is 4.79 Å². The van der Waals surface area contributed by atoms with Crippen LogP contribution >= 0.6 is 0 Å². The van der Waals surface area contributed by atoms with Crippen molar-refractivity contribution in [3.63, 3.8) is 0 Å². The molecule has 4 heteroatoms. The second-order valence-electron chi connectivity index (χ2n) is 4.76. The van der Waals surface area contributed by atoms with Crippen LogP contribution in [0.3, 0.4) is 0 Å². The summed E-state index contributed by atoms with van der Waals surface area (Å²) in [5.74, 6) is 0. The molecule has 0 aromatic heterocycles. The minimum atomic E-state index is -0.317. The van der Waals surface area contributed by atoms with Crippen molar-refractivity contribution in [2.24, 2.45) is 10.7 Å². The molecule has 0 saturated carbocycles. The Kier molecular flexibility index (Phi) is 2.18. The summed E-state index contributed by atoms with van der Waals surface area (Å²) in [6, 6.07) is 7.93. The van der Waals surface area contributed by atoms with E-state index in [-0.39, 0.29) is 11.4 Å². The number of benzene rings is 1. The number of aliphatic imine (C=N–C) groups is 1. The van der Waals surface area contributed by atoms with Gasteiger partial charge < -0.3 is 10.6 Å². The van der Waals surface area contributed by atoms with E-state index in [2.05, 4.69) is 23.3 Å². The molecule has 17 heavy (non-hydrogen) atoms. The van der Waals surface area contributed by atoms with E-state index in [1.165, 1.54) is 5.56 Å². The molecule has 3 rings (SSSR count). The number of rotatable bonds is 0. The summed E-state index contributed by atoms with van der Waals surface area (Å²) < 4.78 is 0. The van der Waals surface area contributed by atoms with Crippen molar-refractivity contribution in [1.82, 2.24) is 4.90 Å². The first-order valence-corrected chi connectivity index (χ1v) is 5.90. The molecular formula is C13H15N3O. The van der Waals surface area contributed by atoms with E-state index in [4.69, 9.17) is 5.73 Å². The molecule has 2 heterocycles. The number of hydrogen-bond acceptors (Lipinski definition) is 2. The zero-order chi connectivity index (χ0) is 11.9. The van der Waals surface area contributed by atoms with Gasteiger partial charge in [-0.25, -0.2) is 4.79 Å². The lowest BCUT2D eigenvalue weighted by Gasteiger charge is -2.37. The van der Waals surface area contributed by atoms with Crippen LogP contribution in [0.4, 0.5) is 10.5 Å². The van der Waals surface area contributed by atoms with Crippen molar-refractivity contribution >= 4 is 17.9 Å². The molecule has 4 nitrogen and oxygen atoms in total. The van der Waals surface area contributed by atoms with Gasteiger partial charge in [0.05, 0.1) is 5.69 Å². The van der Waals surface area contributed by atoms with Gasteiger partial charge in [-0.05, 0) is 24.5 Å². The molecule has 0 unspecified atom stereocenters. The van der Waals surface area contributed by atoms with Crippen LogP contribution in [0, 0.1) is 0 Å². The minimum Gasteiger partial charge on any atom is -0.351 e. The smallest absolute Gasteiger partial charge is 0.314 e. The molecule has 1 saturated heterocycles. The monoisotopic (exact) mass is 229 g/mol. The van der Waals surface area contributed by atoms with Crippen molar-refractivity contribution in [3.8, 4) is 0 Å². The molecule has 2 N–H and O–H groups in total. The predicted molar refractivity (Wildman–Crippen MR) is 66.7 cm³/mol. The van der Waals surface area contributed by atoms with Crippen LogP contribution < -0.4 is 5.73 Å². The number of amides is 2. The molecule has 0 bridgehead atoms. The lowest BCUT2D eigenvalue weighted by Crippen LogP contribution is -2.47. The third-order valence-corrected chi connectivity index (χ3v) is 3.86. The number of para-hydroxylation sites is 1. The van der Waals surface area contributed by atoms with Gasteiger partial charge in [0.25, 0.3) is 0 Å². The van der Waals surface area contributed by atoms with Crippen LogP contribution in [0.15, 0.2) is 29.3 Å². The van der Waals surface area contributed by atoms with Gasteiger partial charge in [0.15, 0.2) is 0 Å². The Hall–Kier alpha value is -1.84. The summed E-state index contributed by atoms with van der Waals surface area (Å²) >= 11 is 0. The second-order valence-corrected chi connectivity index (χ2v) is 4.76. The van der Waals surface area contributed by atoms with E-state index in [0.717, 1.165) is 31.6 Å². The molecule has 0 aliphatic carbocycles. The van der Waals surface area contributed by atoms with Crippen LogP contribution in [0.2, 0.25) is 0 Å². The molecule has 2 aliphatic heterocycles. The van der Waals surface area contributed by atoms with E-state index in [1.54, 1.807) is 4.90 Å². The Balaban J connectivity index is 1.87. The Morgan fingerprint density at radius 2 is 2.00 bits per heavy atom. The van der Waals surface area contributed by atoms with Crippen LogP contribution in [0.25, 0.3) is 0 Å². The van der Waals surface area contributed by atoms with Crippen LogP contribution in [0.5, 0.6) is 0 Å². The average molecular weight is 229 g/mol. The second kappa shape index (κ2) is 3.58. The highest BCUT2D eigenvalue weighted by atomic mass is 16.2. The summed E-state index contributed by atoms with van der Waals surface area (Å²) in [5.41, 5.74) is 7.70. The van der Waals surface area contributed by atoms with E-state index in [0.29, 0.717) is 0 Å². The van der Waals surface area contributed by atoms with Gasteiger partial charge in [-0.3, -0.25) is 4.99 Å². The van der Waals surface area contributed by atoms with E-state index >= 15 is 0 Å². The standard InChI is InChI=1S/C13H15N3O/c14-12(17)16-7-5-13(6-8-16)9-15-11-4-2-1-3-10(11)13/h1-4,9H,5-8H2,(H2,14,17). The fraction of sp³-hybridized carbons (Fsp3) is 0.385. The van der Waals surface area contributed by atoms with Gasteiger partial charge in [0.1, 0.15) is 0 Å². The molecule has 0 radical (unpaired) electrons. The lowest BCUT2D eigenvalue weighted by atomic mass is 9.74. The van der Waals surface area contributed by atoms with Gasteiger partial charge >= 0.3 is 6.03 Å². The first kappa shape index (κ1) is 10.3. The number of carbonyl (C=O) groups is 1. The van der Waals surface area contributed by atoms with Gasteiger partial charge in [-0.15, -0.1) is 0 Å². The first-order chi connectivity index (χ1) is 8.21. The molecule has 1 aromatic carbocycles. The molecule has 88 valence electrons. The molecule has 2 aliphatic rings. The predicted octanol–water partition coefficient (Wildman–Crippen LogP) is 1.81. The van der Waals surface area contributed by atoms with Crippen LogP contribution in [0.1, 0.15) is 18.4 Å². The maximum atomic E-state index is 11.1. The van der Waals surface area contributed by atoms with Crippen molar-refractivity contribution in [3.05, 3.63) is 29.8 Å². The fourth-order valence-electron chi connectivity index (χ4n) is 2.79. The van der Waals surface area contributed by atoms with Crippen molar-refractivity contribution in [1.29, 1.82) is 0 Å². The van der Waals surface area contributed by atoms with Crippen LogP contribution in [-0.2, 0) is 5.41 Å². The molecule has 0 atom stereocenters. The third-order valence-electron chi connectivity index (χ3n) is 3.86. The lowest BCUT2D eigenvalue weighted by molar-refractivity contribution is 0.183. The topological polar surface area (TPSA) is 58.7 Å². The summed E-state index contributed by atoms with van der Waals surface area (Å²) in [5, 5.41) is 0. The quantitative estimate of drug-likeness (QED) is 0.724. The highest BCUT2D eigenvalue weighted by Crippen LogP contribution is 2.43. The first-order valence-electron chi connectivity index (χ1n) is 5.90. The largest absolute Gasteiger partial charge is 0.351 e. The number of nitrogens with two attached hydrogens (primary N) is 1. The number of piperidine rings is 1. The molecule has 2 amide bonds. The molecular weight excluding hydrogens is 214 g/mol. The Labute approximate surface area is 100 Å². The zero-order valence-corrected chi connectivity index (χ0v) is 9.60. The van der Waals surface area contributed by atoms with Gasteiger partial charge in [0.2, 0.25) is 0 Å². The highest BCUT2D eigenvalue weighted by molar-refractivity contribution is 5.85. The SMILES string of the molecule is NC(=O)N1CCC2(C=Nc3ccccc32)CC1. The van der Waals surface area contributed by atoms with Crippen molar-refractivity contribution in [2.75, 3.05) is 13.1 Å². The molecule has 1 spiro atoms. The average Bonchev–Trinajstić information content (AvgIpc) is 2.70. The zero-order valence-electron chi connectivity index (χ0n) is 9.60. The Morgan fingerprint density at radius 3 is 2.71 bits per heavy atom. The third kappa shape index (κ3) is 1.52. The molecule has 1 aromatic rings. The number of likely N-dealkylation sites (tertiary alicyclic amines) is 1. The fourth-order valence-corrected chi connectivity index (χ4v) is 2.79. The number of nitrogens with zero attached hydrogens (tertiary/aromatic N) is 2. The maximum Gasteiger partial charge on any atom is 0.314 e. The number of primary amides is 1. The van der Waals surface area contributed by atoms with Gasteiger partial charge in [0, 0.05) is 24.7 Å². The Morgan fingerprint density at radius 1 is 1.29 bits per heavy atom. The maximum absolute atomic E-state index is 11.1. The van der Waals surface area contributed by atoms with Gasteiger partial charge in [-0.2, -0.15) is 0 Å². The van der Waals surface area contributed by atoms with E-state index < -0.39 is 0 Å². The number of fused-ring (bicyclic) bond motifs is 2. The summed E-state index contributed by atoms with van der Waals surface area (Å²) in [6.45, 7) is 1.44. The number of urea groups is 1. The summed E-state index contributed by atoms with van der Waals surface area (Å²) in [7, 11) is 0. The van der Waals surface area contributed by atoms with E-state index in [9.17, 15) is 4.79 Å².